The molecule has 1 saturated carbocycles. The van der Waals surface area contributed by atoms with Crippen molar-refractivity contribution in [3.05, 3.63) is 17.8 Å². The van der Waals surface area contributed by atoms with Crippen molar-refractivity contribution in [1.82, 2.24) is 4.98 Å². The molecule has 1 aromatic heterocycles. The van der Waals surface area contributed by atoms with Crippen LogP contribution in [0.3, 0.4) is 0 Å². The van der Waals surface area contributed by atoms with E-state index in [1.165, 1.54) is 0 Å². The topological polar surface area (TPSA) is 60.2 Å². The summed E-state index contributed by atoms with van der Waals surface area (Å²) < 4.78 is 5.51. The number of aromatic nitrogens is 1. The number of nitrogens with zero attached hydrogens (tertiary/aromatic N) is 1. The van der Waals surface area contributed by atoms with Gasteiger partial charge < -0.3 is 15.8 Å². The van der Waals surface area contributed by atoms with E-state index in [2.05, 4.69) is 10.3 Å². The number of aryl methyl sites for hydroxylation is 1. The van der Waals surface area contributed by atoms with Gasteiger partial charge in [0, 0.05) is 12.6 Å². The number of ether oxygens (including phenoxy) is 1. The Hall–Kier alpha value is -1.29. The zero-order chi connectivity index (χ0) is 11.5. The van der Waals surface area contributed by atoms with E-state index in [1.807, 2.05) is 26.0 Å². The minimum Gasteiger partial charge on any atom is -0.397 e. The SMILES string of the molecule is CCOC1CC(Nc2ccc(N)c(C)n2)C1. The number of rotatable bonds is 4. The number of anilines is 2. The highest BCUT2D eigenvalue weighted by atomic mass is 16.5. The van der Waals surface area contributed by atoms with Crippen LogP contribution in [0, 0.1) is 6.92 Å². The number of nitrogens with one attached hydrogen (secondary N) is 1. The summed E-state index contributed by atoms with van der Waals surface area (Å²) in [6.45, 7) is 4.76. The standard InChI is InChI=1S/C12H19N3O/c1-3-16-10-6-9(7-10)15-12-5-4-11(13)8(2)14-12/h4-5,9-10H,3,6-7,13H2,1-2H3,(H,14,15). The molecule has 0 aliphatic heterocycles. The lowest BCUT2D eigenvalue weighted by Gasteiger charge is -2.35. The Morgan fingerprint density at radius 1 is 1.50 bits per heavy atom. The number of hydrogen-bond acceptors (Lipinski definition) is 4. The molecule has 0 radical (unpaired) electrons. The molecule has 0 saturated heterocycles. The molecular formula is C12H19N3O. The molecule has 0 atom stereocenters. The van der Waals surface area contributed by atoms with Crippen molar-refractivity contribution in [2.75, 3.05) is 17.7 Å². The molecule has 2 rings (SSSR count). The highest BCUT2D eigenvalue weighted by molar-refractivity contribution is 5.49. The average Bonchev–Trinajstić information content (AvgIpc) is 2.20. The van der Waals surface area contributed by atoms with Gasteiger partial charge in [-0.1, -0.05) is 0 Å². The number of hydrogen-bond donors (Lipinski definition) is 2. The Bertz CT molecular complexity index is 361. The maximum absolute atomic E-state index is 5.72. The van der Waals surface area contributed by atoms with Crippen LogP contribution in [0.15, 0.2) is 12.1 Å². The molecule has 16 heavy (non-hydrogen) atoms. The van der Waals surface area contributed by atoms with Gasteiger partial charge in [-0.2, -0.15) is 0 Å². The summed E-state index contributed by atoms with van der Waals surface area (Å²) in [5.74, 6) is 0.909. The fourth-order valence-electron chi connectivity index (χ4n) is 1.92. The minimum atomic E-state index is 0.428. The van der Waals surface area contributed by atoms with Gasteiger partial charge in [-0.15, -0.1) is 0 Å². The highest BCUT2D eigenvalue weighted by Crippen LogP contribution is 2.26. The highest BCUT2D eigenvalue weighted by Gasteiger charge is 2.29. The van der Waals surface area contributed by atoms with E-state index >= 15 is 0 Å². The van der Waals surface area contributed by atoms with Crippen LogP contribution < -0.4 is 11.1 Å². The van der Waals surface area contributed by atoms with E-state index in [0.717, 1.165) is 36.6 Å². The maximum Gasteiger partial charge on any atom is 0.126 e. The summed E-state index contributed by atoms with van der Waals surface area (Å²) in [7, 11) is 0. The summed E-state index contributed by atoms with van der Waals surface area (Å²) in [5.41, 5.74) is 7.34. The van der Waals surface area contributed by atoms with Gasteiger partial charge in [0.2, 0.25) is 0 Å². The first kappa shape index (κ1) is 11.2. The molecule has 4 nitrogen and oxygen atoms in total. The molecule has 0 spiro atoms. The first-order chi connectivity index (χ1) is 7.69. The lowest BCUT2D eigenvalue weighted by molar-refractivity contribution is 0.00292. The van der Waals surface area contributed by atoms with Crippen molar-refractivity contribution >= 4 is 11.5 Å². The van der Waals surface area contributed by atoms with Crippen LogP contribution in [0.25, 0.3) is 0 Å². The van der Waals surface area contributed by atoms with E-state index in [1.54, 1.807) is 0 Å². The van der Waals surface area contributed by atoms with E-state index < -0.39 is 0 Å². The Morgan fingerprint density at radius 2 is 2.25 bits per heavy atom. The zero-order valence-electron chi connectivity index (χ0n) is 9.86. The monoisotopic (exact) mass is 221 g/mol. The third-order valence-corrected chi connectivity index (χ3v) is 2.98. The molecule has 0 amide bonds. The van der Waals surface area contributed by atoms with Crippen molar-refractivity contribution < 1.29 is 4.74 Å². The van der Waals surface area contributed by atoms with Gasteiger partial charge in [0.05, 0.1) is 17.5 Å². The molecule has 1 aromatic rings. The number of pyridine rings is 1. The molecule has 88 valence electrons. The van der Waals surface area contributed by atoms with Gasteiger partial charge in [-0.25, -0.2) is 4.98 Å². The average molecular weight is 221 g/mol. The summed E-state index contributed by atoms with van der Waals surface area (Å²) in [4.78, 5) is 4.39. The molecule has 1 heterocycles. The zero-order valence-corrected chi connectivity index (χ0v) is 9.86. The fourth-order valence-corrected chi connectivity index (χ4v) is 1.92. The molecule has 0 unspecified atom stereocenters. The molecule has 1 fully saturated rings. The molecule has 3 N–H and O–H groups in total. The summed E-state index contributed by atoms with van der Waals surface area (Å²) in [5, 5.41) is 3.39. The van der Waals surface area contributed by atoms with E-state index in [9.17, 15) is 0 Å². The van der Waals surface area contributed by atoms with Crippen LogP contribution >= 0.6 is 0 Å². The van der Waals surface area contributed by atoms with Crippen molar-refractivity contribution in [3.8, 4) is 0 Å². The van der Waals surface area contributed by atoms with Crippen molar-refractivity contribution in [2.45, 2.75) is 38.8 Å². The second-order valence-corrected chi connectivity index (χ2v) is 4.26. The van der Waals surface area contributed by atoms with Gasteiger partial charge in [-0.05, 0) is 38.8 Å². The van der Waals surface area contributed by atoms with E-state index in [0.29, 0.717) is 12.1 Å². The first-order valence-corrected chi connectivity index (χ1v) is 5.80. The molecule has 4 heteroatoms. The summed E-state index contributed by atoms with van der Waals surface area (Å²) in [6.07, 6.45) is 2.56. The predicted molar refractivity (Wildman–Crippen MR) is 65.4 cm³/mol. The Labute approximate surface area is 96.2 Å². The van der Waals surface area contributed by atoms with Gasteiger partial charge in [0.15, 0.2) is 0 Å². The Morgan fingerprint density at radius 3 is 2.88 bits per heavy atom. The largest absolute Gasteiger partial charge is 0.397 e. The van der Waals surface area contributed by atoms with Crippen molar-refractivity contribution in [2.24, 2.45) is 0 Å². The van der Waals surface area contributed by atoms with Crippen LogP contribution in [-0.4, -0.2) is 23.7 Å². The summed E-state index contributed by atoms with van der Waals surface area (Å²) in [6, 6.07) is 4.31. The maximum atomic E-state index is 5.72. The first-order valence-electron chi connectivity index (χ1n) is 5.80. The van der Waals surface area contributed by atoms with Crippen LogP contribution in [0.1, 0.15) is 25.5 Å². The number of nitrogens with two attached hydrogens (primary N) is 1. The van der Waals surface area contributed by atoms with E-state index in [4.69, 9.17) is 10.5 Å². The van der Waals surface area contributed by atoms with Gasteiger partial charge in [0.25, 0.3) is 0 Å². The smallest absolute Gasteiger partial charge is 0.126 e. The second-order valence-electron chi connectivity index (χ2n) is 4.26. The Kier molecular flexibility index (Phi) is 3.29. The molecule has 0 aromatic carbocycles. The van der Waals surface area contributed by atoms with Crippen LogP contribution in [-0.2, 0) is 4.74 Å². The van der Waals surface area contributed by atoms with Gasteiger partial charge in [-0.3, -0.25) is 0 Å². The third kappa shape index (κ3) is 2.44. The number of nitrogen functional groups attached to an aromatic ring is 1. The molecular weight excluding hydrogens is 202 g/mol. The lowest BCUT2D eigenvalue weighted by Crippen LogP contribution is -2.41. The van der Waals surface area contributed by atoms with Crippen molar-refractivity contribution in [3.63, 3.8) is 0 Å². The second kappa shape index (κ2) is 4.70. The normalized spacial score (nSPS) is 23.9. The third-order valence-electron chi connectivity index (χ3n) is 2.98. The molecule has 0 bridgehead atoms. The predicted octanol–water partition coefficient (Wildman–Crippen LogP) is 1.95. The van der Waals surface area contributed by atoms with Crippen molar-refractivity contribution in [1.29, 1.82) is 0 Å². The van der Waals surface area contributed by atoms with Gasteiger partial charge in [0.1, 0.15) is 5.82 Å². The molecule has 1 aliphatic rings. The lowest BCUT2D eigenvalue weighted by atomic mass is 9.89. The molecule has 1 aliphatic carbocycles. The van der Waals surface area contributed by atoms with E-state index in [-0.39, 0.29) is 0 Å². The van der Waals surface area contributed by atoms with Crippen LogP contribution in [0.4, 0.5) is 11.5 Å². The minimum absolute atomic E-state index is 0.428. The fraction of sp³-hybridized carbons (Fsp3) is 0.583. The van der Waals surface area contributed by atoms with Crippen LogP contribution in [0.5, 0.6) is 0 Å². The van der Waals surface area contributed by atoms with Crippen LogP contribution in [0.2, 0.25) is 0 Å². The Balaban J connectivity index is 1.84. The quantitative estimate of drug-likeness (QED) is 0.816. The van der Waals surface area contributed by atoms with Gasteiger partial charge >= 0.3 is 0 Å². The summed E-state index contributed by atoms with van der Waals surface area (Å²) >= 11 is 0.